The summed E-state index contributed by atoms with van der Waals surface area (Å²) in [6, 6.07) is 4.69. The molecule has 0 saturated heterocycles. The molecule has 0 bridgehead atoms. The normalized spacial score (nSPS) is 13.5. The Labute approximate surface area is 109 Å². The highest BCUT2D eigenvalue weighted by atomic mass is 32.1. The molecule has 0 spiro atoms. The summed E-state index contributed by atoms with van der Waals surface area (Å²) in [5, 5.41) is 2.13. The van der Waals surface area contributed by atoms with E-state index in [1.165, 1.54) is 11.3 Å². The van der Waals surface area contributed by atoms with Crippen LogP contribution in [0.2, 0.25) is 0 Å². The topological polar surface area (TPSA) is 32.5 Å². The highest BCUT2D eigenvalue weighted by Gasteiger charge is 2.17. The fourth-order valence-corrected chi connectivity index (χ4v) is 2.92. The molecule has 1 aromatic rings. The minimum Gasteiger partial charge on any atom is -0.329 e. The number of rotatable bonds is 8. The fourth-order valence-electron chi connectivity index (χ4n) is 2.05. The molecule has 1 rings (SSSR count). The van der Waals surface area contributed by atoms with E-state index in [-0.39, 0.29) is 0 Å². The van der Waals surface area contributed by atoms with Gasteiger partial charge in [-0.1, -0.05) is 13.0 Å². The number of thiophene rings is 1. The lowest BCUT2D eigenvalue weighted by Gasteiger charge is -2.29. The molecule has 98 valence electrons. The van der Waals surface area contributed by atoms with Crippen LogP contribution in [-0.4, -0.2) is 50.1 Å². The second kappa shape index (κ2) is 7.82. The monoisotopic (exact) mass is 255 g/mol. The second-order valence-electron chi connectivity index (χ2n) is 4.55. The van der Waals surface area contributed by atoms with Gasteiger partial charge in [0.05, 0.1) is 6.04 Å². The van der Waals surface area contributed by atoms with Crippen molar-refractivity contribution in [1.82, 2.24) is 9.80 Å². The molecular formula is C13H25N3S. The first-order valence-corrected chi connectivity index (χ1v) is 7.19. The molecule has 4 heteroatoms. The molecule has 0 aliphatic carbocycles. The van der Waals surface area contributed by atoms with Crippen LogP contribution in [0.15, 0.2) is 17.5 Å². The lowest BCUT2D eigenvalue weighted by molar-refractivity contribution is 0.204. The first-order chi connectivity index (χ1) is 8.19. The highest BCUT2D eigenvalue weighted by molar-refractivity contribution is 7.10. The van der Waals surface area contributed by atoms with Crippen LogP contribution in [0, 0.1) is 0 Å². The molecule has 1 aromatic heterocycles. The largest absolute Gasteiger partial charge is 0.329 e. The van der Waals surface area contributed by atoms with E-state index >= 15 is 0 Å². The van der Waals surface area contributed by atoms with Gasteiger partial charge in [0, 0.05) is 18.0 Å². The van der Waals surface area contributed by atoms with E-state index in [1.807, 2.05) is 0 Å². The molecule has 0 aliphatic rings. The van der Waals surface area contributed by atoms with Crippen LogP contribution in [-0.2, 0) is 0 Å². The van der Waals surface area contributed by atoms with Gasteiger partial charge in [0.2, 0.25) is 0 Å². The number of hydrogen-bond donors (Lipinski definition) is 1. The van der Waals surface area contributed by atoms with Gasteiger partial charge in [-0.2, -0.15) is 0 Å². The molecule has 0 aromatic carbocycles. The smallest absolute Gasteiger partial charge is 0.0564 e. The maximum atomic E-state index is 5.93. The third-order valence-corrected chi connectivity index (χ3v) is 3.97. The van der Waals surface area contributed by atoms with E-state index in [1.54, 1.807) is 11.3 Å². The third kappa shape index (κ3) is 4.76. The molecule has 0 radical (unpaired) electrons. The van der Waals surface area contributed by atoms with E-state index in [2.05, 4.69) is 48.3 Å². The van der Waals surface area contributed by atoms with E-state index < -0.39 is 0 Å². The summed E-state index contributed by atoms with van der Waals surface area (Å²) in [5.41, 5.74) is 5.93. The standard InChI is InChI=1S/C13H25N3S/c1-4-16(9-6-8-15(2)3)12(11-14)13-7-5-10-17-13/h5,7,10,12H,4,6,8-9,11,14H2,1-3H3. The third-order valence-electron chi connectivity index (χ3n) is 2.99. The van der Waals surface area contributed by atoms with Crippen LogP contribution in [0.3, 0.4) is 0 Å². The molecule has 1 heterocycles. The Morgan fingerprint density at radius 1 is 1.35 bits per heavy atom. The summed E-state index contributed by atoms with van der Waals surface area (Å²) < 4.78 is 0. The Kier molecular flexibility index (Phi) is 6.73. The SMILES string of the molecule is CCN(CCCN(C)C)C(CN)c1cccs1. The Hall–Kier alpha value is -0.420. The van der Waals surface area contributed by atoms with Crippen LogP contribution < -0.4 is 5.73 Å². The Bertz CT molecular complexity index is 285. The quantitative estimate of drug-likeness (QED) is 0.771. The van der Waals surface area contributed by atoms with Gasteiger partial charge in [0.15, 0.2) is 0 Å². The van der Waals surface area contributed by atoms with Crippen LogP contribution in [0.4, 0.5) is 0 Å². The maximum Gasteiger partial charge on any atom is 0.0564 e. The first kappa shape index (κ1) is 14.6. The van der Waals surface area contributed by atoms with Crippen molar-refractivity contribution >= 4 is 11.3 Å². The summed E-state index contributed by atoms with van der Waals surface area (Å²) in [7, 11) is 4.24. The number of nitrogens with zero attached hydrogens (tertiary/aromatic N) is 2. The van der Waals surface area contributed by atoms with Crippen molar-refractivity contribution in [3.05, 3.63) is 22.4 Å². The molecule has 2 N–H and O–H groups in total. The maximum absolute atomic E-state index is 5.93. The van der Waals surface area contributed by atoms with Gasteiger partial charge in [-0.25, -0.2) is 0 Å². The van der Waals surface area contributed by atoms with Crippen LogP contribution >= 0.6 is 11.3 Å². The Balaban J connectivity index is 2.52. The molecule has 0 amide bonds. The minimum atomic E-state index is 0.391. The predicted octanol–water partition coefficient (Wildman–Crippen LogP) is 2.02. The fraction of sp³-hybridized carbons (Fsp3) is 0.692. The summed E-state index contributed by atoms with van der Waals surface area (Å²) in [6.07, 6.45) is 1.20. The van der Waals surface area contributed by atoms with Gasteiger partial charge < -0.3 is 10.6 Å². The Morgan fingerprint density at radius 3 is 2.59 bits per heavy atom. The van der Waals surface area contributed by atoms with Gasteiger partial charge in [-0.3, -0.25) is 4.90 Å². The van der Waals surface area contributed by atoms with Crippen molar-refractivity contribution in [2.75, 3.05) is 40.3 Å². The second-order valence-corrected chi connectivity index (χ2v) is 5.53. The lowest BCUT2D eigenvalue weighted by atomic mass is 10.2. The zero-order valence-corrected chi connectivity index (χ0v) is 12.0. The van der Waals surface area contributed by atoms with Gasteiger partial charge in [-0.05, 0) is 45.1 Å². The molecule has 0 aliphatic heterocycles. The highest BCUT2D eigenvalue weighted by Crippen LogP contribution is 2.24. The molecule has 0 fully saturated rings. The van der Waals surface area contributed by atoms with E-state index in [4.69, 9.17) is 5.73 Å². The predicted molar refractivity (Wildman–Crippen MR) is 76.5 cm³/mol. The summed E-state index contributed by atoms with van der Waals surface area (Å²) in [6.45, 7) is 6.24. The van der Waals surface area contributed by atoms with Gasteiger partial charge in [0.25, 0.3) is 0 Å². The number of likely N-dealkylation sites (N-methyl/N-ethyl adjacent to an activating group) is 1. The zero-order chi connectivity index (χ0) is 12.7. The van der Waals surface area contributed by atoms with Crippen LogP contribution in [0.5, 0.6) is 0 Å². The molecule has 3 nitrogen and oxygen atoms in total. The number of nitrogens with two attached hydrogens (primary N) is 1. The van der Waals surface area contributed by atoms with Crippen molar-refractivity contribution in [2.24, 2.45) is 5.73 Å². The average Bonchev–Trinajstić information content (AvgIpc) is 2.81. The van der Waals surface area contributed by atoms with Crippen LogP contribution in [0.25, 0.3) is 0 Å². The van der Waals surface area contributed by atoms with E-state index in [9.17, 15) is 0 Å². The molecule has 17 heavy (non-hydrogen) atoms. The molecule has 1 unspecified atom stereocenters. The summed E-state index contributed by atoms with van der Waals surface area (Å²) >= 11 is 1.81. The van der Waals surface area contributed by atoms with Crippen molar-refractivity contribution in [3.8, 4) is 0 Å². The molecular weight excluding hydrogens is 230 g/mol. The van der Waals surface area contributed by atoms with E-state index in [0.29, 0.717) is 12.6 Å². The van der Waals surface area contributed by atoms with Crippen molar-refractivity contribution < 1.29 is 0 Å². The average molecular weight is 255 g/mol. The molecule has 1 atom stereocenters. The van der Waals surface area contributed by atoms with Crippen molar-refractivity contribution in [1.29, 1.82) is 0 Å². The Morgan fingerprint density at radius 2 is 2.12 bits per heavy atom. The zero-order valence-electron chi connectivity index (χ0n) is 11.2. The summed E-state index contributed by atoms with van der Waals surface area (Å²) in [5.74, 6) is 0. The number of hydrogen-bond acceptors (Lipinski definition) is 4. The van der Waals surface area contributed by atoms with Crippen LogP contribution in [0.1, 0.15) is 24.3 Å². The first-order valence-electron chi connectivity index (χ1n) is 6.31. The van der Waals surface area contributed by atoms with Crippen molar-refractivity contribution in [3.63, 3.8) is 0 Å². The van der Waals surface area contributed by atoms with Gasteiger partial charge in [0.1, 0.15) is 0 Å². The molecule has 0 saturated carbocycles. The summed E-state index contributed by atoms with van der Waals surface area (Å²) in [4.78, 5) is 6.10. The van der Waals surface area contributed by atoms with Crippen molar-refractivity contribution in [2.45, 2.75) is 19.4 Å². The van der Waals surface area contributed by atoms with E-state index in [0.717, 1.165) is 19.6 Å². The minimum absolute atomic E-state index is 0.391. The van der Waals surface area contributed by atoms with Gasteiger partial charge in [-0.15, -0.1) is 11.3 Å². The van der Waals surface area contributed by atoms with Gasteiger partial charge >= 0.3 is 0 Å². The lowest BCUT2D eigenvalue weighted by Crippen LogP contribution is -2.35.